The molecule has 0 unspecified atom stereocenters. The first-order chi connectivity index (χ1) is 7.46. The Labute approximate surface area is 98.5 Å². The maximum atomic E-state index is 5.90. The van der Waals surface area contributed by atoms with Gasteiger partial charge in [-0.25, -0.2) is 0 Å². The molecule has 5 heteroatoms. The number of hydrogen-bond acceptors (Lipinski definition) is 5. The fourth-order valence-electron chi connectivity index (χ4n) is 1.42. The van der Waals surface area contributed by atoms with Crippen LogP contribution in [0.15, 0.2) is 15.3 Å². The van der Waals surface area contributed by atoms with E-state index in [1.54, 1.807) is 11.3 Å². The molecule has 0 saturated carbocycles. The van der Waals surface area contributed by atoms with E-state index in [1.807, 2.05) is 26.2 Å². The van der Waals surface area contributed by atoms with Crippen LogP contribution in [-0.4, -0.2) is 15.7 Å². The lowest BCUT2D eigenvalue weighted by Gasteiger charge is -2.14. The third-order valence-electron chi connectivity index (χ3n) is 2.17. The normalized spacial score (nSPS) is 12.0. The first-order valence-corrected chi connectivity index (χ1v) is 6.04. The van der Waals surface area contributed by atoms with Gasteiger partial charge >= 0.3 is 0 Å². The Balaban J connectivity index is 2.24. The van der Waals surface area contributed by atoms with Crippen molar-refractivity contribution in [3.63, 3.8) is 0 Å². The zero-order valence-corrected chi connectivity index (χ0v) is 10.5. The van der Waals surface area contributed by atoms with Crippen molar-refractivity contribution in [1.82, 2.24) is 10.1 Å². The molecule has 0 aromatic carbocycles. The number of hydrogen-bond donors (Lipinski definition) is 1. The Morgan fingerprint density at radius 1 is 1.44 bits per heavy atom. The minimum atomic E-state index is -0.326. The van der Waals surface area contributed by atoms with Gasteiger partial charge in [0.05, 0.1) is 0 Å². The van der Waals surface area contributed by atoms with Crippen LogP contribution in [-0.2, 0) is 6.42 Å². The van der Waals surface area contributed by atoms with E-state index in [2.05, 4.69) is 15.5 Å². The van der Waals surface area contributed by atoms with Gasteiger partial charge in [-0.05, 0) is 31.7 Å². The van der Waals surface area contributed by atoms with Crippen LogP contribution in [0.25, 0.3) is 11.4 Å². The van der Waals surface area contributed by atoms with Crippen LogP contribution < -0.4 is 5.73 Å². The molecule has 2 rings (SSSR count). The molecule has 0 saturated heterocycles. The molecule has 86 valence electrons. The Morgan fingerprint density at radius 2 is 2.19 bits per heavy atom. The molecule has 0 amide bonds. The predicted molar refractivity (Wildman–Crippen MR) is 64.3 cm³/mol. The summed E-state index contributed by atoms with van der Waals surface area (Å²) < 4.78 is 5.18. The van der Waals surface area contributed by atoms with Gasteiger partial charge in [-0.1, -0.05) is 5.16 Å². The van der Waals surface area contributed by atoms with Crippen molar-refractivity contribution in [2.75, 3.05) is 0 Å². The van der Waals surface area contributed by atoms with E-state index in [0.29, 0.717) is 18.1 Å². The van der Waals surface area contributed by atoms with E-state index in [-0.39, 0.29) is 5.54 Å². The first kappa shape index (κ1) is 11.3. The molecule has 0 aliphatic carbocycles. The molecule has 0 atom stereocenters. The van der Waals surface area contributed by atoms with E-state index in [9.17, 15) is 0 Å². The standard InChI is InChI=1S/C11H15N3OS/c1-7-5-16-6-8(7)10-13-9(15-14-10)4-11(2,3)12/h5-6H,4,12H2,1-3H3. The van der Waals surface area contributed by atoms with Crippen molar-refractivity contribution in [1.29, 1.82) is 0 Å². The third kappa shape index (κ3) is 2.48. The highest BCUT2D eigenvalue weighted by atomic mass is 32.1. The topological polar surface area (TPSA) is 64.9 Å². The highest BCUT2D eigenvalue weighted by Crippen LogP contribution is 2.24. The fraction of sp³-hybridized carbons (Fsp3) is 0.455. The van der Waals surface area contributed by atoms with Gasteiger partial charge in [0.1, 0.15) is 0 Å². The van der Waals surface area contributed by atoms with E-state index >= 15 is 0 Å². The largest absolute Gasteiger partial charge is 0.339 e. The van der Waals surface area contributed by atoms with E-state index < -0.39 is 0 Å². The van der Waals surface area contributed by atoms with Crippen LogP contribution in [0.1, 0.15) is 25.3 Å². The van der Waals surface area contributed by atoms with Gasteiger partial charge in [0.2, 0.25) is 11.7 Å². The number of rotatable bonds is 3. The summed E-state index contributed by atoms with van der Waals surface area (Å²) >= 11 is 1.64. The van der Waals surface area contributed by atoms with Crippen LogP contribution in [0.5, 0.6) is 0 Å². The smallest absolute Gasteiger partial charge is 0.228 e. The van der Waals surface area contributed by atoms with Crippen LogP contribution in [0, 0.1) is 6.92 Å². The average Bonchev–Trinajstić information content (AvgIpc) is 2.71. The van der Waals surface area contributed by atoms with Gasteiger partial charge in [-0.3, -0.25) is 0 Å². The predicted octanol–water partition coefficient (Wildman–Crippen LogP) is 2.39. The van der Waals surface area contributed by atoms with Gasteiger partial charge in [0.25, 0.3) is 0 Å². The lowest BCUT2D eigenvalue weighted by Crippen LogP contribution is -2.34. The molecular weight excluding hydrogens is 222 g/mol. The van der Waals surface area contributed by atoms with Gasteiger partial charge in [-0.15, -0.1) is 0 Å². The Hall–Kier alpha value is -1.20. The summed E-state index contributed by atoms with van der Waals surface area (Å²) in [6.45, 7) is 5.91. The zero-order chi connectivity index (χ0) is 11.8. The molecule has 2 N–H and O–H groups in total. The van der Waals surface area contributed by atoms with Gasteiger partial charge in [-0.2, -0.15) is 16.3 Å². The molecule has 0 aliphatic heterocycles. The molecule has 0 aliphatic rings. The maximum absolute atomic E-state index is 5.90. The summed E-state index contributed by atoms with van der Waals surface area (Å²) in [4.78, 5) is 4.35. The van der Waals surface area contributed by atoms with Crippen molar-refractivity contribution >= 4 is 11.3 Å². The fourth-order valence-corrected chi connectivity index (χ4v) is 2.24. The number of aryl methyl sites for hydroxylation is 1. The molecule has 0 fully saturated rings. The highest BCUT2D eigenvalue weighted by molar-refractivity contribution is 7.08. The van der Waals surface area contributed by atoms with E-state index in [4.69, 9.17) is 10.3 Å². The van der Waals surface area contributed by atoms with E-state index in [0.717, 1.165) is 5.56 Å². The molecule has 0 spiro atoms. The molecule has 2 aromatic rings. The summed E-state index contributed by atoms with van der Waals surface area (Å²) in [5, 5.41) is 8.06. The summed E-state index contributed by atoms with van der Waals surface area (Å²) in [6, 6.07) is 0. The van der Waals surface area contributed by atoms with Gasteiger partial charge in [0, 0.05) is 22.9 Å². The van der Waals surface area contributed by atoms with Crippen LogP contribution in [0.2, 0.25) is 0 Å². The number of aromatic nitrogens is 2. The van der Waals surface area contributed by atoms with Crippen LogP contribution in [0.3, 0.4) is 0 Å². The average molecular weight is 237 g/mol. The van der Waals surface area contributed by atoms with Crippen molar-refractivity contribution < 1.29 is 4.52 Å². The Kier molecular flexibility index (Phi) is 2.82. The Bertz CT molecular complexity index is 481. The van der Waals surface area contributed by atoms with E-state index in [1.165, 1.54) is 5.56 Å². The number of nitrogens with two attached hydrogens (primary N) is 1. The van der Waals surface area contributed by atoms with Gasteiger partial charge < -0.3 is 10.3 Å². The summed E-state index contributed by atoms with van der Waals surface area (Å²) in [5.41, 5.74) is 7.78. The SMILES string of the molecule is Cc1cscc1-c1noc(CC(C)(C)N)n1. The number of nitrogens with zero attached hydrogens (tertiary/aromatic N) is 2. The molecule has 0 radical (unpaired) electrons. The summed E-state index contributed by atoms with van der Waals surface area (Å²) in [5.74, 6) is 1.24. The number of thiophene rings is 1. The molecule has 2 aromatic heterocycles. The second kappa shape index (κ2) is 3.99. The molecule has 2 heterocycles. The minimum absolute atomic E-state index is 0.326. The minimum Gasteiger partial charge on any atom is -0.339 e. The lowest BCUT2D eigenvalue weighted by atomic mass is 10.0. The van der Waals surface area contributed by atoms with Crippen LogP contribution >= 0.6 is 11.3 Å². The molecule has 0 bridgehead atoms. The van der Waals surface area contributed by atoms with Crippen molar-refractivity contribution in [2.45, 2.75) is 32.7 Å². The van der Waals surface area contributed by atoms with Crippen LogP contribution in [0.4, 0.5) is 0 Å². The Morgan fingerprint density at radius 3 is 2.75 bits per heavy atom. The monoisotopic (exact) mass is 237 g/mol. The second-order valence-corrected chi connectivity index (χ2v) is 5.39. The maximum Gasteiger partial charge on any atom is 0.228 e. The molecule has 4 nitrogen and oxygen atoms in total. The zero-order valence-electron chi connectivity index (χ0n) is 9.65. The van der Waals surface area contributed by atoms with Crippen molar-refractivity contribution in [3.05, 3.63) is 22.2 Å². The quantitative estimate of drug-likeness (QED) is 0.890. The summed E-state index contributed by atoms with van der Waals surface area (Å²) in [7, 11) is 0. The lowest BCUT2D eigenvalue weighted by molar-refractivity contribution is 0.348. The molecule has 16 heavy (non-hydrogen) atoms. The van der Waals surface area contributed by atoms with Crippen molar-refractivity contribution in [2.24, 2.45) is 5.73 Å². The van der Waals surface area contributed by atoms with Crippen molar-refractivity contribution in [3.8, 4) is 11.4 Å². The second-order valence-electron chi connectivity index (χ2n) is 4.65. The van der Waals surface area contributed by atoms with Gasteiger partial charge in [0.15, 0.2) is 0 Å². The third-order valence-corrected chi connectivity index (χ3v) is 3.03. The summed E-state index contributed by atoms with van der Waals surface area (Å²) in [6.07, 6.45) is 0.586. The first-order valence-electron chi connectivity index (χ1n) is 5.10. The highest BCUT2D eigenvalue weighted by Gasteiger charge is 2.18. The molecular formula is C11H15N3OS.